The fraction of sp³-hybridized carbons (Fsp3) is 0.462. The lowest BCUT2D eigenvalue weighted by Crippen LogP contribution is -2.27. The van der Waals surface area contributed by atoms with Crippen molar-refractivity contribution in [2.45, 2.75) is 20.4 Å². The van der Waals surface area contributed by atoms with Crippen LogP contribution in [0.2, 0.25) is 0 Å². The van der Waals surface area contributed by atoms with Crippen LogP contribution in [0.25, 0.3) is 0 Å². The monoisotopic (exact) mass is 328 g/mol. The molecule has 0 aliphatic heterocycles. The van der Waals surface area contributed by atoms with Crippen LogP contribution in [0.5, 0.6) is 0 Å². The zero-order valence-corrected chi connectivity index (χ0v) is 11.9. The first kappa shape index (κ1) is 13.5. The van der Waals surface area contributed by atoms with Gasteiger partial charge in [-0.25, -0.2) is 0 Å². The first-order chi connectivity index (χ1) is 7.65. The second-order valence-corrected chi connectivity index (χ2v) is 5.23. The highest BCUT2D eigenvalue weighted by molar-refractivity contribution is 14.1. The highest BCUT2D eigenvalue weighted by atomic mass is 127. The van der Waals surface area contributed by atoms with E-state index in [0.29, 0.717) is 0 Å². The summed E-state index contributed by atoms with van der Waals surface area (Å²) in [6.45, 7) is 6.86. The van der Waals surface area contributed by atoms with Crippen LogP contribution in [0.3, 0.4) is 0 Å². The van der Waals surface area contributed by atoms with Gasteiger partial charge in [0, 0.05) is 16.7 Å². The fourth-order valence-corrected chi connectivity index (χ4v) is 1.94. The summed E-state index contributed by atoms with van der Waals surface area (Å²) >= 11 is 2.31. The fourth-order valence-electron chi connectivity index (χ4n) is 1.58. The number of hydrogen-bond donors (Lipinski definition) is 0. The molecule has 0 saturated heterocycles. The molecule has 0 bridgehead atoms. The van der Waals surface area contributed by atoms with Gasteiger partial charge in [-0.05, 0) is 53.8 Å². The third-order valence-corrected chi connectivity index (χ3v) is 3.24. The maximum absolute atomic E-state index is 8.80. The standard InChI is InChI=1S/C13H17IN2/c1-3-16(9-11(2)8-15)10-12-4-6-13(14)7-5-12/h4-7,11H,3,9-10H2,1-2H3. The Bertz CT molecular complexity index is 353. The average molecular weight is 328 g/mol. The second-order valence-electron chi connectivity index (χ2n) is 3.98. The van der Waals surface area contributed by atoms with Crippen molar-refractivity contribution in [3.63, 3.8) is 0 Å². The van der Waals surface area contributed by atoms with E-state index in [0.717, 1.165) is 19.6 Å². The Labute approximate surface area is 111 Å². The molecule has 0 aliphatic rings. The van der Waals surface area contributed by atoms with E-state index < -0.39 is 0 Å². The zero-order valence-electron chi connectivity index (χ0n) is 9.78. The smallest absolute Gasteiger partial charge is 0.0666 e. The normalized spacial score (nSPS) is 12.4. The molecular weight excluding hydrogens is 311 g/mol. The van der Waals surface area contributed by atoms with Crippen LogP contribution in [0, 0.1) is 20.8 Å². The van der Waals surface area contributed by atoms with Crippen LogP contribution in [-0.2, 0) is 6.54 Å². The van der Waals surface area contributed by atoms with E-state index in [9.17, 15) is 0 Å². The molecule has 0 heterocycles. The molecule has 2 nitrogen and oxygen atoms in total. The maximum Gasteiger partial charge on any atom is 0.0666 e. The summed E-state index contributed by atoms with van der Waals surface area (Å²) < 4.78 is 1.26. The second kappa shape index (κ2) is 6.87. The zero-order chi connectivity index (χ0) is 12.0. The van der Waals surface area contributed by atoms with Gasteiger partial charge in [-0.1, -0.05) is 19.1 Å². The van der Waals surface area contributed by atoms with Crippen molar-refractivity contribution in [2.24, 2.45) is 5.92 Å². The molecule has 0 aromatic heterocycles. The Kier molecular flexibility index (Phi) is 5.78. The Morgan fingerprint density at radius 2 is 2.00 bits per heavy atom. The topological polar surface area (TPSA) is 27.0 Å². The number of nitriles is 1. The Morgan fingerprint density at radius 3 is 2.50 bits per heavy atom. The van der Waals surface area contributed by atoms with E-state index in [-0.39, 0.29) is 5.92 Å². The first-order valence-electron chi connectivity index (χ1n) is 5.52. The van der Waals surface area contributed by atoms with Crippen LogP contribution in [0.1, 0.15) is 19.4 Å². The summed E-state index contributed by atoms with van der Waals surface area (Å²) in [6, 6.07) is 10.8. The van der Waals surface area contributed by atoms with E-state index in [1.165, 1.54) is 9.13 Å². The van der Waals surface area contributed by atoms with Crippen molar-refractivity contribution in [3.8, 4) is 6.07 Å². The van der Waals surface area contributed by atoms with E-state index >= 15 is 0 Å². The molecule has 0 aliphatic carbocycles. The molecule has 0 radical (unpaired) electrons. The molecule has 1 unspecified atom stereocenters. The highest BCUT2D eigenvalue weighted by Gasteiger charge is 2.08. The first-order valence-corrected chi connectivity index (χ1v) is 6.60. The predicted molar refractivity (Wildman–Crippen MR) is 74.9 cm³/mol. The van der Waals surface area contributed by atoms with Crippen LogP contribution >= 0.6 is 22.6 Å². The van der Waals surface area contributed by atoms with Gasteiger partial charge in [0.1, 0.15) is 0 Å². The van der Waals surface area contributed by atoms with Crippen molar-refractivity contribution < 1.29 is 0 Å². The van der Waals surface area contributed by atoms with Gasteiger partial charge in [-0.2, -0.15) is 5.26 Å². The number of halogens is 1. The number of benzene rings is 1. The molecular formula is C13H17IN2. The lowest BCUT2D eigenvalue weighted by molar-refractivity contribution is 0.260. The van der Waals surface area contributed by atoms with Crippen molar-refractivity contribution >= 4 is 22.6 Å². The van der Waals surface area contributed by atoms with Crippen molar-refractivity contribution in [3.05, 3.63) is 33.4 Å². The van der Waals surface area contributed by atoms with E-state index in [1.54, 1.807) is 0 Å². The molecule has 0 saturated carbocycles. The van der Waals surface area contributed by atoms with Gasteiger partial charge in [0.2, 0.25) is 0 Å². The molecule has 0 N–H and O–H groups in total. The molecule has 1 aromatic rings. The quantitative estimate of drug-likeness (QED) is 0.776. The summed E-state index contributed by atoms with van der Waals surface area (Å²) in [6.07, 6.45) is 0. The van der Waals surface area contributed by atoms with E-state index in [2.05, 4.69) is 64.7 Å². The third kappa shape index (κ3) is 4.50. The minimum Gasteiger partial charge on any atom is -0.298 e. The Morgan fingerprint density at radius 1 is 1.38 bits per heavy atom. The molecule has 16 heavy (non-hydrogen) atoms. The minimum atomic E-state index is 0.101. The van der Waals surface area contributed by atoms with E-state index in [4.69, 9.17) is 5.26 Å². The van der Waals surface area contributed by atoms with Gasteiger partial charge < -0.3 is 0 Å². The Hall–Kier alpha value is -0.600. The number of nitrogens with zero attached hydrogens (tertiary/aromatic N) is 2. The molecule has 1 atom stereocenters. The van der Waals surface area contributed by atoms with Gasteiger partial charge in [-0.3, -0.25) is 4.90 Å². The van der Waals surface area contributed by atoms with Crippen LogP contribution in [-0.4, -0.2) is 18.0 Å². The van der Waals surface area contributed by atoms with E-state index in [1.807, 2.05) is 6.92 Å². The predicted octanol–water partition coefficient (Wildman–Crippen LogP) is 3.27. The van der Waals surface area contributed by atoms with Crippen LogP contribution < -0.4 is 0 Å². The summed E-state index contributed by atoms with van der Waals surface area (Å²) in [7, 11) is 0. The summed E-state index contributed by atoms with van der Waals surface area (Å²) in [5, 5.41) is 8.80. The minimum absolute atomic E-state index is 0.101. The van der Waals surface area contributed by atoms with Crippen molar-refractivity contribution in [1.82, 2.24) is 4.90 Å². The van der Waals surface area contributed by atoms with Crippen molar-refractivity contribution in [2.75, 3.05) is 13.1 Å². The third-order valence-electron chi connectivity index (χ3n) is 2.52. The highest BCUT2D eigenvalue weighted by Crippen LogP contribution is 2.10. The average Bonchev–Trinajstić information content (AvgIpc) is 2.30. The summed E-state index contributed by atoms with van der Waals surface area (Å²) in [5.41, 5.74) is 1.31. The summed E-state index contributed by atoms with van der Waals surface area (Å²) in [4.78, 5) is 2.30. The Balaban J connectivity index is 2.56. The number of hydrogen-bond acceptors (Lipinski definition) is 2. The molecule has 0 fully saturated rings. The maximum atomic E-state index is 8.80. The van der Waals surface area contributed by atoms with Gasteiger partial charge >= 0.3 is 0 Å². The molecule has 3 heteroatoms. The van der Waals surface area contributed by atoms with Crippen molar-refractivity contribution in [1.29, 1.82) is 5.26 Å². The molecule has 0 spiro atoms. The van der Waals surface area contributed by atoms with Crippen LogP contribution in [0.15, 0.2) is 24.3 Å². The summed E-state index contributed by atoms with van der Waals surface area (Å²) in [5.74, 6) is 0.101. The van der Waals surface area contributed by atoms with Crippen LogP contribution in [0.4, 0.5) is 0 Å². The molecule has 86 valence electrons. The van der Waals surface area contributed by atoms with Gasteiger partial charge in [0.15, 0.2) is 0 Å². The van der Waals surface area contributed by atoms with Gasteiger partial charge in [0.25, 0.3) is 0 Å². The number of rotatable bonds is 5. The SMILES string of the molecule is CCN(Cc1ccc(I)cc1)CC(C)C#N. The lowest BCUT2D eigenvalue weighted by Gasteiger charge is -2.21. The van der Waals surface area contributed by atoms with Gasteiger partial charge in [0.05, 0.1) is 12.0 Å². The largest absolute Gasteiger partial charge is 0.298 e. The van der Waals surface area contributed by atoms with Gasteiger partial charge in [-0.15, -0.1) is 0 Å². The molecule has 0 amide bonds. The lowest BCUT2D eigenvalue weighted by atomic mass is 10.1. The molecule has 1 rings (SSSR count). The molecule has 1 aromatic carbocycles.